The zero-order valence-corrected chi connectivity index (χ0v) is 4.80. The Balaban J connectivity index is 3.24. The molecule has 0 aromatic rings. The standard InChI is InChI=1S/C5H11NO2/c1-4(7)2-5(8)3-6/h5,7-8H,1-3,6H2/p+1. The molecular weight excluding hydrogens is 106 g/mol. The van der Waals surface area contributed by atoms with Gasteiger partial charge in [-0.15, -0.1) is 0 Å². The van der Waals surface area contributed by atoms with Crippen LogP contribution in [0.5, 0.6) is 0 Å². The normalized spacial score (nSPS) is 13.2. The van der Waals surface area contributed by atoms with Gasteiger partial charge in [-0.3, -0.25) is 0 Å². The first-order chi connectivity index (χ1) is 3.66. The van der Waals surface area contributed by atoms with Gasteiger partial charge in [0.1, 0.15) is 12.6 Å². The summed E-state index contributed by atoms with van der Waals surface area (Å²) in [7, 11) is 0. The Kier molecular flexibility index (Phi) is 3.23. The van der Waals surface area contributed by atoms with Gasteiger partial charge in [-0.05, 0) is 0 Å². The van der Waals surface area contributed by atoms with Crippen molar-refractivity contribution in [2.24, 2.45) is 0 Å². The maximum atomic E-state index is 8.75. The molecule has 0 aliphatic carbocycles. The maximum Gasteiger partial charge on any atom is 0.110 e. The number of aliphatic hydroxyl groups excluding tert-OH is 2. The van der Waals surface area contributed by atoms with Crippen LogP contribution in [-0.4, -0.2) is 22.9 Å². The van der Waals surface area contributed by atoms with Gasteiger partial charge in [-0.25, -0.2) is 0 Å². The summed E-state index contributed by atoms with van der Waals surface area (Å²) in [6.45, 7) is 3.63. The topological polar surface area (TPSA) is 68.1 Å². The second-order valence-electron chi connectivity index (χ2n) is 1.71. The molecule has 0 spiro atoms. The fourth-order valence-corrected chi connectivity index (χ4v) is 0.374. The van der Waals surface area contributed by atoms with Crippen LogP contribution in [0.25, 0.3) is 0 Å². The average Bonchev–Trinajstić information content (AvgIpc) is 1.65. The van der Waals surface area contributed by atoms with Crippen molar-refractivity contribution in [2.75, 3.05) is 6.54 Å². The quantitative estimate of drug-likeness (QED) is 0.418. The van der Waals surface area contributed by atoms with Gasteiger partial charge in [0.05, 0.1) is 5.76 Å². The van der Waals surface area contributed by atoms with Gasteiger partial charge in [0.25, 0.3) is 0 Å². The second-order valence-corrected chi connectivity index (χ2v) is 1.71. The summed E-state index contributed by atoms with van der Waals surface area (Å²) in [4.78, 5) is 0. The Morgan fingerprint density at radius 2 is 2.25 bits per heavy atom. The summed E-state index contributed by atoms with van der Waals surface area (Å²) >= 11 is 0. The van der Waals surface area contributed by atoms with E-state index in [2.05, 4.69) is 12.3 Å². The molecule has 0 fully saturated rings. The molecule has 0 aromatic heterocycles. The van der Waals surface area contributed by atoms with Crippen molar-refractivity contribution in [1.29, 1.82) is 0 Å². The predicted octanol–water partition coefficient (Wildman–Crippen LogP) is -0.949. The van der Waals surface area contributed by atoms with Gasteiger partial charge in [0.2, 0.25) is 0 Å². The van der Waals surface area contributed by atoms with Gasteiger partial charge in [0, 0.05) is 6.42 Å². The number of rotatable bonds is 3. The van der Waals surface area contributed by atoms with Crippen molar-refractivity contribution in [2.45, 2.75) is 12.5 Å². The molecule has 0 radical (unpaired) electrons. The summed E-state index contributed by atoms with van der Waals surface area (Å²) < 4.78 is 0. The van der Waals surface area contributed by atoms with Crippen molar-refractivity contribution >= 4 is 0 Å². The van der Waals surface area contributed by atoms with Crippen LogP contribution in [0.2, 0.25) is 0 Å². The minimum absolute atomic E-state index is 0.0150. The van der Waals surface area contributed by atoms with Gasteiger partial charge < -0.3 is 15.9 Å². The van der Waals surface area contributed by atoms with E-state index in [1.165, 1.54) is 0 Å². The van der Waals surface area contributed by atoms with Gasteiger partial charge >= 0.3 is 0 Å². The molecule has 0 aliphatic rings. The smallest absolute Gasteiger partial charge is 0.110 e. The maximum absolute atomic E-state index is 8.75. The van der Waals surface area contributed by atoms with Crippen molar-refractivity contribution in [1.82, 2.24) is 0 Å². The fourth-order valence-electron chi connectivity index (χ4n) is 0.374. The van der Waals surface area contributed by atoms with E-state index in [-0.39, 0.29) is 12.2 Å². The van der Waals surface area contributed by atoms with Crippen LogP contribution < -0.4 is 5.73 Å². The van der Waals surface area contributed by atoms with E-state index in [0.29, 0.717) is 6.54 Å². The second kappa shape index (κ2) is 3.46. The van der Waals surface area contributed by atoms with E-state index in [4.69, 9.17) is 10.2 Å². The van der Waals surface area contributed by atoms with Crippen LogP contribution >= 0.6 is 0 Å². The van der Waals surface area contributed by atoms with Crippen LogP contribution in [0.1, 0.15) is 6.42 Å². The minimum atomic E-state index is -0.535. The molecule has 0 aromatic carbocycles. The third kappa shape index (κ3) is 3.64. The summed E-state index contributed by atoms with van der Waals surface area (Å²) in [5, 5.41) is 17.2. The molecule has 0 heterocycles. The first-order valence-electron chi connectivity index (χ1n) is 2.51. The predicted molar refractivity (Wildman–Crippen MR) is 30.1 cm³/mol. The van der Waals surface area contributed by atoms with Crippen LogP contribution in [0.15, 0.2) is 12.3 Å². The lowest BCUT2D eigenvalue weighted by molar-refractivity contribution is -0.383. The molecule has 0 bridgehead atoms. The number of quaternary nitrogens is 1. The Morgan fingerprint density at radius 3 is 2.38 bits per heavy atom. The lowest BCUT2D eigenvalue weighted by Crippen LogP contribution is -2.55. The van der Waals surface area contributed by atoms with E-state index in [0.717, 1.165) is 0 Å². The van der Waals surface area contributed by atoms with E-state index < -0.39 is 6.10 Å². The SMILES string of the molecule is C=C(O)CC(O)C[NH3+]. The number of hydrogen-bond donors (Lipinski definition) is 3. The van der Waals surface area contributed by atoms with E-state index in [9.17, 15) is 0 Å². The van der Waals surface area contributed by atoms with Crippen molar-refractivity contribution < 1.29 is 15.9 Å². The molecule has 3 nitrogen and oxygen atoms in total. The van der Waals surface area contributed by atoms with Crippen LogP contribution in [0, 0.1) is 0 Å². The van der Waals surface area contributed by atoms with Crippen molar-refractivity contribution in [3.05, 3.63) is 12.3 Å². The molecule has 0 aliphatic heterocycles. The minimum Gasteiger partial charge on any atom is -0.513 e. The first-order valence-corrected chi connectivity index (χ1v) is 2.51. The average molecular weight is 118 g/mol. The highest BCUT2D eigenvalue weighted by Crippen LogP contribution is 1.95. The van der Waals surface area contributed by atoms with Gasteiger partial charge in [-0.2, -0.15) is 0 Å². The molecule has 0 rings (SSSR count). The third-order valence-corrected chi connectivity index (χ3v) is 0.804. The fraction of sp³-hybridized carbons (Fsp3) is 0.600. The van der Waals surface area contributed by atoms with Crippen molar-refractivity contribution in [3.8, 4) is 0 Å². The Hall–Kier alpha value is -0.540. The highest BCUT2D eigenvalue weighted by atomic mass is 16.3. The molecular formula is C5H12NO2+. The summed E-state index contributed by atoms with van der Waals surface area (Å²) in [6.07, 6.45) is -0.295. The molecule has 1 unspecified atom stereocenters. The lowest BCUT2D eigenvalue weighted by Gasteiger charge is -2.01. The molecule has 48 valence electrons. The monoisotopic (exact) mass is 118 g/mol. The first kappa shape index (κ1) is 7.46. The van der Waals surface area contributed by atoms with Gasteiger partial charge in [0.15, 0.2) is 0 Å². The molecule has 1 atom stereocenters. The summed E-state index contributed by atoms with van der Waals surface area (Å²) in [5.74, 6) is 0.0150. The largest absolute Gasteiger partial charge is 0.513 e. The van der Waals surface area contributed by atoms with Crippen molar-refractivity contribution in [3.63, 3.8) is 0 Å². The van der Waals surface area contributed by atoms with Crippen LogP contribution in [0.3, 0.4) is 0 Å². The zero-order chi connectivity index (χ0) is 6.57. The molecule has 3 heteroatoms. The zero-order valence-electron chi connectivity index (χ0n) is 4.80. The summed E-state index contributed by atoms with van der Waals surface area (Å²) in [6, 6.07) is 0. The molecule has 5 N–H and O–H groups in total. The lowest BCUT2D eigenvalue weighted by atomic mass is 10.2. The number of hydrogen-bond acceptors (Lipinski definition) is 2. The van der Waals surface area contributed by atoms with Gasteiger partial charge in [-0.1, -0.05) is 6.58 Å². The van der Waals surface area contributed by atoms with Crippen LogP contribution in [-0.2, 0) is 0 Å². The molecule has 8 heavy (non-hydrogen) atoms. The summed E-state index contributed by atoms with van der Waals surface area (Å²) in [5.41, 5.74) is 3.44. The highest BCUT2D eigenvalue weighted by molar-refractivity contribution is 4.81. The van der Waals surface area contributed by atoms with E-state index in [1.54, 1.807) is 0 Å². The van der Waals surface area contributed by atoms with E-state index in [1.807, 2.05) is 0 Å². The van der Waals surface area contributed by atoms with Crippen LogP contribution in [0.4, 0.5) is 0 Å². The Morgan fingerprint density at radius 1 is 1.75 bits per heavy atom. The molecule has 0 amide bonds. The highest BCUT2D eigenvalue weighted by Gasteiger charge is 2.02. The Labute approximate surface area is 48.4 Å². The number of aliphatic hydroxyl groups is 2. The third-order valence-electron chi connectivity index (χ3n) is 0.804. The molecule has 0 saturated heterocycles. The molecule has 0 saturated carbocycles. The van der Waals surface area contributed by atoms with E-state index >= 15 is 0 Å². The Bertz CT molecular complexity index is 82.5.